The van der Waals surface area contributed by atoms with Crippen molar-refractivity contribution in [1.29, 1.82) is 0 Å². The summed E-state index contributed by atoms with van der Waals surface area (Å²) in [4.78, 5) is 11.3. The Morgan fingerprint density at radius 2 is 2.00 bits per heavy atom. The average molecular weight is 275 g/mol. The molecule has 1 aliphatic carbocycles. The molecular weight excluding hydrogens is 250 g/mol. The van der Waals surface area contributed by atoms with Crippen molar-refractivity contribution in [2.24, 2.45) is 11.7 Å². The first-order valence-corrected chi connectivity index (χ1v) is 7.56. The lowest BCUT2D eigenvalue weighted by molar-refractivity contribution is 0.100. The fourth-order valence-corrected chi connectivity index (χ4v) is 3.10. The second kappa shape index (κ2) is 6.64. The van der Waals surface area contributed by atoms with Crippen molar-refractivity contribution in [3.8, 4) is 0 Å². The highest BCUT2D eigenvalue weighted by Gasteiger charge is 2.20. The molecule has 1 aromatic carbocycles. The van der Waals surface area contributed by atoms with Crippen LogP contribution in [0.2, 0.25) is 0 Å². The third kappa shape index (κ3) is 3.65. The van der Waals surface area contributed by atoms with Crippen molar-refractivity contribution in [2.45, 2.75) is 51.5 Å². The molecule has 1 fully saturated rings. The number of hydrogen-bond acceptors (Lipinski definition) is 3. The monoisotopic (exact) mass is 275 g/mol. The second-order valence-corrected chi connectivity index (χ2v) is 5.82. The van der Waals surface area contributed by atoms with E-state index in [0.29, 0.717) is 17.3 Å². The highest BCUT2D eigenvalue weighted by Crippen LogP contribution is 2.30. The van der Waals surface area contributed by atoms with E-state index in [0.717, 1.165) is 11.6 Å². The van der Waals surface area contributed by atoms with E-state index in [-0.39, 0.29) is 0 Å². The molecule has 0 bridgehead atoms. The van der Waals surface area contributed by atoms with Gasteiger partial charge in [0, 0.05) is 17.4 Å². The van der Waals surface area contributed by atoms with Gasteiger partial charge in [-0.3, -0.25) is 4.79 Å². The largest absolute Gasteiger partial charge is 0.398 e. The van der Waals surface area contributed by atoms with Gasteiger partial charge in [0.15, 0.2) is 0 Å². The van der Waals surface area contributed by atoms with Gasteiger partial charge in [-0.2, -0.15) is 0 Å². The lowest BCUT2D eigenvalue weighted by Gasteiger charge is -2.29. The van der Waals surface area contributed by atoms with E-state index in [1.165, 1.54) is 38.5 Å². The molecule has 0 radical (unpaired) electrons. The fraction of sp³-hybridized carbons (Fsp3) is 0.562. The lowest BCUT2D eigenvalue weighted by atomic mass is 9.83. The molecule has 0 heterocycles. The summed E-state index contributed by atoms with van der Waals surface area (Å²) in [7, 11) is 0. The Morgan fingerprint density at radius 1 is 1.30 bits per heavy atom. The minimum Gasteiger partial charge on any atom is -0.398 e. The molecule has 4 nitrogen and oxygen atoms in total. The van der Waals surface area contributed by atoms with Crippen LogP contribution in [-0.4, -0.2) is 11.9 Å². The number of anilines is 2. The Balaban J connectivity index is 1.94. The van der Waals surface area contributed by atoms with E-state index in [4.69, 9.17) is 11.5 Å². The Labute approximate surface area is 120 Å². The van der Waals surface area contributed by atoms with E-state index >= 15 is 0 Å². The molecule has 1 aliphatic rings. The predicted molar refractivity (Wildman–Crippen MR) is 83.6 cm³/mol. The van der Waals surface area contributed by atoms with E-state index in [1.54, 1.807) is 12.1 Å². The van der Waals surface area contributed by atoms with Crippen LogP contribution in [-0.2, 0) is 0 Å². The van der Waals surface area contributed by atoms with Gasteiger partial charge in [0.1, 0.15) is 0 Å². The van der Waals surface area contributed by atoms with Gasteiger partial charge in [0.2, 0.25) is 0 Å². The fourth-order valence-electron chi connectivity index (χ4n) is 3.10. The minimum absolute atomic E-state index is 0.398. The zero-order valence-corrected chi connectivity index (χ0v) is 12.2. The summed E-state index contributed by atoms with van der Waals surface area (Å²) in [6.07, 6.45) is 7.61. The normalized spacial score (nSPS) is 22.4. The maximum Gasteiger partial charge on any atom is 0.250 e. The van der Waals surface area contributed by atoms with Crippen molar-refractivity contribution < 1.29 is 4.79 Å². The van der Waals surface area contributed by atoms with Crippen molar-refractivity contribution in [3.05, 3.63) is 23.8 Å². The van der Waals surface area contributed by atoms with E-state index in [9.17, 15) is 4.79 Å². The van der Waals surface area contributed by atoms with Crippen LogP contribution >= 0.6 is 0 Å². The smallest absolute Gasteiger partial charge is 0.250 e. The first kappa shape index (κ1) is 14.7. The van der Waals surface area contributed by atoms with Crippen LogP contribution in [0.25, 0.3) is 0 Å². The van der Waals surface area contributed by atoms with Crippen LogP contribution in [0.15, 0.2) is 18.2 Å². The molecule has 0 saturated heterocycles. The number of amides is 1. The molecule has 0 aliphatic heterocycles. The molecule has 0 atom stereocenters. The summed E-state index contributed by atoms with van der Waals surface area (Å²) >= 11 is 0. The van der Waals surface area contributed by atoms with Gasteiger partial charge >= 0.3 is 0 Å². The molecule has 110 valence electrons. The molecule has 1 aromatic rings. The maximum absolute atomic E-state index is 11.3. The van der Waals surface area contributed by atoms with Crippen LogP contribution in [0.3, 0.4) is 0 Å². The Bertz CT molecular complexity index is 465. The zero-order valence-electron chi connectivity index (χ0n) is 12.2. The van der Waals surface area contributed by atoms with Gasteiger partial charge in [0.05, 0.1) is 5.56 Å². The number of hydrogen-bond donors (Lipinski definition) is 3. The highest BCUT2D eigenvalue weighted by atomic mass is 16.1. The Kier molecular flexibility index (Phi) is 4.88. The van der Waals surface area contributed by atoms with Gasteiger partial charge in [0.25, 0.3) is 5.91 Å². The van der Waals surface area contributed by atoms with Gasteiger partial charge in [-0.25, -0.2) is 0 Å². The van der Waals surface area contributed by atoms with Gasteiger partial charge in [-0.15, -0.1) is 0 Å². The molecule has 1 amide bonds. The molecular formula is C16H25N3O. The van der Waals surface area contributed by atoms with E-state index in [1.807, 2.05) is 6.07 Å². The Morgan fingerprint density at radius 3 is 2.60 bits per heavy atom. The quantitative estimate of drug-likeness (QED) is 0.722. The second-order valence-electron chi connectivity index (χ2n) is 5.82. The van der Waals surface area contributed by atoms with Gasteiger partial charge in [-0.1, -0.05) is 19.8 Å². The molecule has 1 saturated carbocycles. The van der Waals surface area contributed by atoms with Crippen LogP contribution in [0, 0.1) is 5.92 Å². The van der Waals surface area contributed by atoms with Crippen molar-refractivity contribution in [3.63, 3.8) is 0 Å². The summed E-state index contributed by atoms with van der Waals surface area (Å²) in [6.45, 7) is 2.25. The molecule has 0 unspecified atom stereocenters. The summed E-state index contributed by atoms with van der Waals surface area (Å²) < 4.78 is 0. The lowest BCUT2D eigenvalue weighted by Crippen LogP contribution is -2.26. The van der Waals surface area contributed by atoms with Gasteiger partial charge in [-0.05, 0) is 49.8 Å². The molecule has 0 spiro atoms. The summed E-state index contributed by atoms with van der Waals surface area (Å²) in [5, 5.41) is 3.50. The van der Waals surface area contributed by atoms with Crippen LogP contribution in [0.4, 0.5) is 11.4 Å². The third-order valence-electron chi connectivity index (χ3n) is 4.23. The standard InChI is InChI=1S/C16H25N3O/c1-2-3-11-4-6-12(7-5-11)19-13-8-9-15(17)14(10-13)16(18)20/h8-12,19H,2-7,17H2,1H3,(H2,18,20). The maximum atomic E-state index is 11.3. The van der Waals surface area contributed by atoms with Crippen LogP contribution in [0.1, 0.15) is 55.8 Å². The van der Waals surface area contributed by atoms with Gasteiger partial charge < -0.3 is 16.8 Å². The first-order valence-electron chi connectivity index (χ1n) is 7.56. The van der Waals surface area contributed by atoms with Crippen LogP contribution in [0.5, 0.6) is 0 Å². The number of benzene rings is 1. The number of rotatable bonds is 5. The van der Waals surface area contributed by atoms with Crippen LogP contribution < -0.4 is 16.8 Å². The number of nitrogen functional groups attached to an aromatic ring is 1. The number of nitrogens with one attached hydrogen (secondary N) is 1. The molecule has 4 heteroatoms. The molecule has 2 rings (SSSR count). The predicted octanol–water partition coefficient (Wildman–Crippen LogP) is 3.14. The number of primary amides is 1. The minimum atomic E-state index is -0.474. The number of carbonyl (C=O) groups excluding carboxylic acids is 1. The molecule has 0 aromatic heterocycles. The number of nitrogens with two attached hydrogens (primary N) is 2. The third-order valence-corrected chi connectivity index (χ3v) is 4.23. The van der Waals surface area contributed by atoms with E-state index < -0.39 is 5.91 Å². The first-order chi connectivity index (χ1) is 9.60. The summed E-state index contributed by atoms with van der Waals surface area (Å²) in [5.41, 5.74) is 12.8. The van der Waals surface area contributed by atoms with Crippen molar-refractivity contribution >= 4 is 17.3 Å². The SMILES string of the molecule is CCCC1CCC(Nc2ccc(N)c(C(N)=O)c2)CC1. The van der Waals surface area contributed by atoms with E-state index in [2.05, 4.69) is 12.2 Å². The zero-order chi connectivity index (χ0) is 14.5. The average Bonchev–Trinajstić information content (AvgIpc) is 2.43. The van der Waals surface area contributed by atoms with Crippen molar-refractivity contribution in [2.75, 3.05) is 11.1 Å². The molecule has 5 N–H and O–H groups in total. The molecule has 20 heavy (non-hydrogen) atoms. The summed E-state index contributed by atoms with van der Waals surface area (Å²) in [5.74, 6) is 0.420. The number of carbonyl (C=O) groups is 1. The van der Waals surface area contributed by atoms with Crippen molar-refractivity contribution in [1.82, 2.24) is 0 Å². The topological polar surface area (TPSA) is 81.1 Å². The highest BCUT2D eigenvalue weighted by molar-refractivity contribution is 5.98. The summed E-state index contributed by atoms with van der Waals surface area (Å²) in [6, 6.07) is 5.91. The Hall–Kier alpha value is -1.71.